The molecule has 1 heterocycles. The number of aliphatic hydroxyl groups excluding tert-OH is 3. The molecule has 0 spiro atoms. The van der Waals surface area contributed by atoms with Gasteiger partial charge in [0.15, 0.2) is 6.29 Å². The van der Waals surface area contributed by atoms with Crippen LogP contribution >= 0.6 is 0 Å². The zero-order valence-corrected chi connectivity index (χ0v) is 7.01. The van der Waals surface area contributed by atoms with E-state index in [0.717, 1.165) is 0 Å². The predicted octanol–water partition coefficient (Wildman–Crippen LogP) is -1.80. The van der Waals surface area contributed by atoms with Crippen molar-refractivity contribution in [1.82, 2.24) is 0 Å². The first kappa shape index (κ1) is 9.88. The Kier molecular flexibility index (Phi) is 2.42. The maximum absolute atomic E-state index is 9.51. The Hall–Kier alpha value is -0.200. The van der Waals surface area contributed by atoms with Crippen molar-refractivity contribution >= 4 is 0 Å². The second kappa shape index (κ2) is 2.93. The van der Waals surface area contributed by atoms with Gasteiger partial charge in [0.2, 0.25) is 0 Å². The first-order valence-corrected chi connectivity index (χ1v) is 3.79. The second-order valence-electron chi connectivity index (χ2n) is 3.35. The lowest BCUT2D eigenvalue weighted by atomic mass is 9.86. The Morgan fingerprint density at radius 2 is 1.67 bits per heavy atom. The van der Waals surface area contributed by atoms with Crippen molar-refractivity contribution in [2.45, 2.75) is 44.1 Å². The zero-order valence-electron chi connectivity index (χ0n) is 7.01. The zero-order chi connectivity index (χ0) is 9.52. The van der Waals surface area contributed by atoms with Crippen LogP contribution in [0.4, 0.5) is 0 Å². The van der Waals surface area contributed by atoms with Crippen LogP contribution in [0.3, 0.4) is 0 Å². The maximum Gasteiger partial charge on any atom is 0.184 e. The van der Waals surface area contributed by atoms with Crippen LogP contribution < -0.4 is 0 Å². The van der Waals surface area contributed by atoms with Crippen LogP contribution in [0.25, 0.3) is 0 Å². The van der Waals surface area contributed by atoms with Crippen molar-refractivity contribution in [3.63, 3.8) is 0 Å². The number of ether oxygens (including phenoxy) is 1. The fraction of sp³-hybridized carbons (Fsp3) is 1.00. The normalized spacial score (nSPS) is 55.5. The van der Waals surface area contributed by atoms with E-state index < -0.39 is 30.2 Å². The Morgan fingerprint density at radius 1 is 1.17 bits per heavy atom. The summed E-state index contributed by atoms with van der Waals surface area (Å²) < 4.78 is 4.74. The minimum absolute atomic E-state index is 0.696. The molecule has 0 unspecified atom stereocenters. The Bertz CT molecular complexity index is 153. The molecule has 0 radical (unpaired) electrons. The SMILES string of the molecule is C[C@H]1O[C@H](O)[C@H](O)[C@@](C)(O)[C@H]1O. The Morgan fingerprint density at radius 3 is 2.17 bits per heavy atom. The molecular formula is C7H14O5. The molecule has 5 heteroatoms. The van der Waals surface area contributed by atoms with Gasteiger partial charge in [-0.1, -0.05) is 0 Å². The molecule has 1 saturated heterocycles. The maximum atomic E-state index is 9.51. The third kappa shape index (κ3) is 1.34. The van der Waals surface area contributed by atoms with E-state index in [1.54, 1.807) is 0 Å². The van der Waals surface area contributed by atoms with Crippen LogP contribution in [0, 0.1) is 0 Å². The number of hydrogen-bond donors (Lipinski definition) is 4. The average molecular weight is 178 g/mol. The van der Waals surface area contributed by atoms with E-state index in [4.69, 9.17) is 9.84 Å². The first-order chi connectivity index (χ1) is 5.37. The lowest BCUT2D eigenvalue weighted by Gasteiger charge is -2.43. The van der Waals surface area contributed by atoms with Crippen molar-refractivity contribution in [2.24, 2.45) is 0 Å². The third-order valence-electron chi connectivity index (χ3n) is 2.27. The van der Waals surface area contributed by atoms with E-state index in [1.807, 2.05) is 0 Å². The highest BCUT2D eigenvalue weighted by atomic mass is 16.6. The summed E-state index contributed by atoms with van der Waals surface area (Å²) in [6.07, 6.45) is -4.82. The van der Waals surface area contributed by atoms with Crippen molar-refractivity contribution in [1.29, 1.82) is 0 Å². The van der Waals surface area contributed by atoms with Gasteiger partial charge in [-0.15, -0.1) is 0 Å². The highest BCUT2D eigenvalue weighted by Gasteiger charge is 2.50. The van der Waals surface area contributed by atoms with Crippen LogP contribution in [0.5, 0.6) is 0 Å². The lowest BCUT2D eigenvalue weighted by molar-refractivity contribution is -0.309. The van der Waals surface area contributed by atoms with Crippen molar-refractivity contribution in [2.75, 3.05) is 0 Å². The molecule has 1 rings (SSSR count). The van der Waals surface area contributed by atoms with Gasteiger partial charge >= 0.3 is 0 Å². The van der Waals surface area contributed by atoms with E-state index in [0.29, 0.717) is 0 Å². The fourth-order valence-electron chi connectivity index (χ4n) is 1.31. The number of aliphatic hydroxyl groups is 4. The van der Waals surface area contributed by atoms with Crippen molar-refractivity contribution < 1.29 is 25.2 Å². The van der Waals surface area contributed by atoms with Crippen LogP contribution in [-0.4, -0.2) is 50.6 Å². The molecule has 72 valence electrons. The van der Waals surface area contributed by atoms with E-state index in [9.17, 15) is 15.3 Å². The van der Waals surface area contributed by atoms with Crippen LogP contribution in [-0.2, 0) is 4.74 Å². The number of hydrogen-bond acceptors (Lipinski definition) is 5. The summed E-state index contributed by atoms with van der Waals surface area (Å²) in [5.41, 5.74) is -1.73. The van der Waals surface area contributed by atoms with Gasteiger partial charge in [-0.05, 0) is 13.8 Å². The van der Waals surface area contributed by atoms with E-state index in [2.05, 4.69) is 0 Å². The molecule has 0 aromatic rings. The summed E-state index contributed by atoms with van der Waals surface area (Å²) in [5, 5.41) is 37.1. The largest absolute Gasteiger partial charge is 0.387 e. The molecule has 4 N–H and O–H groups in total. The van der Waals surface area contributed by atoms with E-state index in [-0.39, 0.29) is 0 Å². The summed E-state index contributed by atoms with van der Waals surface area (Å²) in [6.45, 7) is 2.76. The van der Waals surface area contributed by atoms with Crippen LogP contribution in [0.15, 0.2) is 0 Å². The second-order valence-corrected chi connectivity index (χ2v) is 3.35. The van der Waals surface area contributed by atoms with Gasteiger partial charge in [-0.25, -0.2) is 0 Å². The monoisotopic (exact) mass is 178 g/mol. The topological polar surface area (TPSA) is 90.2 Å². The Balaban J connectivity index is 2.82. The molecule has 0 aliphatic carbocycles. The highest BCUT2D eigenvalue weighted by molar-refractivity contribution is 4.97. The summed E-state index contributed by atoms with van der Waals surface area (Å²) in [6, 6.07) is 0. The molecule has 12 heavy (non-hydrogen) atoms. The van der Waals surface area contributed by atoms with E-state index >= 15 is 0 Å². The minimum atomic E-state index is -1.73. The van der Waals surface area contributed by atoms with Crippen molar-refractivity contribution in [3.8, 4) is 0 Å². The molecule has 1 fully saturated rings. The molecule has 0 bridgehead atoms. The van der Waals surface area contributed by atoms with Gasteiger partial charge in [0, 0.05) is 0 Å². The van der Waals surface area contributed by atoms with E-state index in [1.165, 1.54) is 13.8 Å². The molecule has 1 aliphatic rings. The first-order valence-electron chi connectivity index (χ1n) is 3.79. The summed E-state index contributed by atoms with van der Waals surface area (Å²) in [5.74, 6) is 0. The molecule has 0 aromatic heterocycles. The smallest absolute Gasteiger partial charge is 0.184 e. The van der Waals surface area contributed by atoms with Gasteiger partial charge in [0.25, 0.3) is 0 Å². The standard InChI is InChI=1S/C7H14O5/c1-3-4(8)7(2,11)5(9)6(10)12-3/h3-6,8-11H,1-2H3/t3-,4+,5+,6+,7+/m1/s1. The third-order valence-corrected chi connectivity index (χ3v) is 2.27. The van der Waals surface area contributed by atoms with Gasteiger partial charge in [-0.2, -0.15) is 0 Å². The Labute approximate surface area is 70.2 Å². The average Bonchev–Trinajstić information content (AvgIpc) is 1.99. The molecule has 0 aromatic carbocycles. The molecular weight excluding hydrogens is 164 g/mol. The predicted molar refractivity (Wildman–Crippen MR) is 39.2 cm³/mol. The highest BCUT2D eigenvalue weighted by Crippen LogP contribution is 2.28. The molecule has 1 aliphatic heterocycles. The number of rotatable bonds is 0. The summed E-state index contributed by atoms with van der Waals surface area (Å²) >= 11 is 0. The van der Waals surface area contributed by atoms with Gasteiger partial charge < -0.3 is 25.2 Å². The van der Waals surface area contributed by atoms with Crippen molar-refractivity contribution in [3.05, 3.63) is 0 Å². The molecule has 5 atom stereocenters. The molecule has 5 nitrogen and oxygen atoms in total. The summed E-state index contributed by atoms with van der Waals surface area (Å²) in [7, 11) is 0. The summed E-state index contributed by atoms with van der Waals surface area (Å²) in [4.78, 5) is 0. The van der Waals surface area contributed by atoms with Crippen LogP contribution in [0.1, 0.15) is 13.8 Å². The molecule has 0 saturated carbocycles. The lowest BCUT2D eigenvalue weighted by Crippen LogP contribution is -2.64. The van der Waals surface area contributed by atoms with Gasteiger partial charge in [0.05, 0.1) is 6.10 Å². The fourth-order valence-corrected chi connectivity index (χ4v) is 1.31. The van der Waals surface area contributed by atoms with Crippen LogP contribution in [0.2, 0.25) is 0 Å². The van der Waals surface area contributed by atoms with Gasteiger partial charge in [-0.3, -0.25) is 0 Å². The minimum Gasteiger partial charge on any atom is -0.387 e. The quantitative estimate of drug-likeness (QED) is 0.351. The van der Waals surface area contributed by atoms with Gasteiger partial charge in [0.1, 0.15) is 17.8 Å². The molecule has 0 amide bonds.